The molecule has 0 aromatic heterocycles. The summed E-state index contributed by atoms with van der Waals surface area (Å²) in [4.78, 5) is 31.5. The maximum Gasteiger partial charge on any atom is 0.326 e. The lowest BCUT2D eigenvalue weighted by atomic mass is 10.0. The van der Waals surface area contributed by atoms with Crippen molar-refractivity contribution in [2.75, 3.05) is 132 Å². The molecule has 0 saturated carbocycles. The van der Waals surface area contributed by atoms with Crippen LogP contribution >= 0.6 is 0 Å². The Bertz CT molecular complexity index is 2260. The molecule has 0 bridgehead atoms. The van der Waals surface area contributed by atoms with Gasteiger partial charge in [0.25, 0.3) is 0 Å². The van der Waals surface area contributed by atoms with Crippen molar-refractivity contribution in [3.05, 3.63) is 98.2 Å². The molecule has 17 heteroatoms. The van der Waals surface area contributed by atoms with Gasteiger partial charge < -0.3 is 81.9 Å². The number of likely N-dealkylation sites (N-methyl/N-ethyl adjacent to an activating group) is 2. The Balaban J connectivity index is 0.000000538. The van der Waals surface area contributed by atoms with Gasteiger partial charge in [0.1, 0.15) is 6.04 Å². The smallest absolute Gasteiger partial charge is 0.326 e. The topological polar surface area (TPSA) is 167 Å². The van der Waals surface area contributed by atoms with Crippen molar-refractivity contribution in [3.63, 3.8) is 0 Å². The summed E-state index contributed by atoms with van der Waals surface area (Å²) in [6.45, 7) is 94.5. The van der Waals surface area contributed by atoms with Crippen molar-refractivity contribution in [3.8, 4) is 0 Å². The first-order valence-electron chi connectivity index (χ1n) is 36.5. The van der Waals surface area contributed by atoms with Gasteiger partial charge in [-0.3, -0.25) is 0 Å². The summed E-state index contributed by atoms with van der Waals surface area (Å²) in [7, 11) is 6.29. The van der Waals surface area contributed by atoms with Gasteiger partial charge in [0.2, 0.25) is 0 Å². The first kappa shape index (κ1) is 87.5. The number of allylic oxidation sites excluding steroid dienone is 8. The Hall–Kier alpha value is -4.49. The molecule has 0 amide bonds. The first-order valence-corrected chi connectivity index (χ1v) is 36.5. The Morgan fingerprint density at radius 1 is 0.457 bits per heavy atom. The number of piperazine rings is 3. The van der Waals surface area contributed by atoms with Crippen LogP contribution in [-0.4, -0.2) is 242 Å². The number of carbonyl (C=O) groups is 1. The Labute approximate surface area is 580 Å². The lowest BCUT2D eigenvalue weighted by Gasteiger charge is -2.46. The monoisotopic (exact) mass is 1320 g/mol. The van der Waals surface area contributed by atoms with E-state index in [4.69, 9.17) is 16.6 Å². The molecule has 8 aliphatic rings. The molecule has 0 radical (unpaired) electrons. The summed E-state index contributed by atoms with van der Waals surface area (Å²) in [5, 5.41) is 22.5. The van der Waals surface area contributed by atoms with Crippen LogP contribution in [0, 0.1) is 47.3 Å². The van der Waals surface area contributed by atoms with Crippen LogP contribution in [0.4, 0.5) is 0 Å². The molecule has 9 N–H and O–H groups in total. The van der Waals surface area contributed by atoms with Gasteiger partial charge in [-0.25, -0.2) is 4.79 Å². The first-order chi connectivity index (χ1) is 43.7. The minimum Gasteiger partial charge on any atom is -0.480 e. The van der Waals surface area contributed by atoms with E-state index < -0.39 is 5.97 Å². The number of nitrogens with two attached hydrogens (primary N) is 2. The highest BCUT2D eigenvalue weighted by Gasteiger charge is 2.33. The van der Waals surface area contributed by atoms with E-state index in [0.29, 0.717) is 89.6 Å². The number of likely N-dealkylation sites (tertiary alicyclic amines) is 5. The molecule has 0 aromatic carbocycles. The molecule has 6 unspecified atom stereocenters. The van der Waals surface area contributed by atoms with E-state index in [1.54, 1.807) is 0 Å². The number of hydrogen-bond acceptors (Lipinski definition) is 16. The van der Waals surface area contributed by atoms with E-state index in [-0.39, 0.29) is 6.04 Å². The second-order valence-corrected chi connectivity index (χ2v) is 30.9. The summed E-state index contributed by atoms with van der Waals surface area (Å²) >= 11 is 0. The number of hydrogen-bond donors (Lipinski definition) is 7. The molecular weight excluding hydrogens is 1170 g/mol. The molecule has 6 atom stereocenters. The van der Waals surface area contributed by atoms with Gasteiger partial charge in [0, 0.05) is 205 Å². The fourth-order valence-corrected chi connectivity index (χ4v) is 12.0. The van der Waals surface area contributed by atoms with Gasteiger partial charge in [0.05, 0.1) is 0 Å². The zero-order valence-corrected chi connectivity index (χ0v) is 65.1. The SMILES string of the molecule is C=C(C(C)C)N1CC(C)NC(C)C1.C=C(C(C)C)N1CC(N(C)C)C1.C=C(C(C)C)N1CC(N)C1.C=C(C(C)C)N1CC(NC)C1.C=C(C(C)C)N1CCC(N)C1.C=C(C(C)C)N1CCCC1C(=O)O.C=C(C(C)C)N1CCNC(C)C1.C=C(C(C)C)N1CCNCC1C. The summed E-state index contributed by atoms with van der Waals surface area (Å²) in [6.07, 6.45) is 2.83. The van der Waals surface area contributed by atoms with Crippen LogP contribution in [0.5, 0.6) is 0 Å². The number of nitrogens with one attached hydrogen (secondary N) is 4. The maximum atomic E-state index is 10.9. The molecule has 8 heterocycles. The molecule has 8 aliphatic heterocycles. The van der Waals surface area contributed by atoms with Gasteiger partial charge in [-0.1, -0.05) is 163 Å². The van der Waals surface area contributed by atoms with Gasteiger partial charge in [-0.2, -0.15) is 0 Å². The summed E-state index contributed by atoms with van der Waals surface area (Å²) in [5.41, 5.74) is 21.2. The average molecular weight is 1320 g/mol. The predicted octanol–water partition coefficient (Wildman–Crippen LogP) is 10.9. The third kappa shape index (κ3) is 30.9. The summed E-state index contributed by atoms with van der Waals surface area (Å²) < 4.78 is 0. The molecule has 94 heavy (non-hydrogen) atoms. The second-order valence-electron chi connectivity index (χ2n) is 30.9. The second kappa shape index (κ2) is 43.7. The highest BCUT2D eigenvalue weighted by molar-refractivity contribution is 5.74. The van der Waals surface area contributed by atoms with Crippen LogP contribution in [0.15, 0.2) is 98.2 Å². The number of nitrogens with zero attached hydrogens (tertiary/aromatic N) is 9. The lowest BCUT2D eigenvalue weighted by Crippen LogP contribution is -2.56. The Morgan fingerprint density at radius 3 is 1.19 bits per heavy atom. The van der Waals surface area contributed by atoms with E-state index in [9.17, 15) is 4.79 Å². The fourth-order valence-electron chi connectivity index (χ4n) is 12.0. The minimum absolute atomic E-state index is 0.333. The van der Waals surface area contributed by atoms with Crippen LogP contribution in [0.3, 0.4) is 0 Å². The fraction of sp³-hybridized carbons (Fsp3) is 0.779. The Kier molecular flexibility index (Phi) is 40.7. The van der Waals surface area contributed by atoms with Crippen molar-refractivity contribution in [2.24, 2.45) is 58.8 Å². The summed E-state index contributed by atoms with van der Waals surface area (Å²) in [6, 6.07) is 4.21. The van der Waals surface area contributed by atoms with Gasteiger partial charge >= 0.3 is 5.97 Å². The van der Waals surface area contributed by atoms with Gasteiger partial charge in [0.15, 0.2) is 0 Å². The largest absolute Gasteiger partial charge is 0.480 e. The zero-order chi connectivity index (χ0) is 72.2. The number of carboxylic acids is 1. The molecule has 546 valence electrons. The highest BCUT2D eigenvalue weighted by Crippen LogP contribution is 2.27. The molecule has 8 rings (SSSR count). The van der Waals surface area contributed by atoms with E-state index in [2.05, 4.69) is 252 Å². The standard InChI is InChI=1S/C11H22N2.3C10H20N2.C10H17NO2.2C9H18N2.C8H16N2/c1-8(2)11(5)13-6-9(3)12-10(4)7-13;1-8(2)9(3)12-6-10(7-12)11(4)5;1-8(2)10(4)12-6-5-11-9(3)7-12;1-8(2)10(4)12-6-5-11-7-9(12)3;1-7(2)8(3)11-6-4-5-9(11)10(12)13;1-7(2)8(3)11-5-9(6-11)10-4;1-7(2)8(3)11-5-4-9(10)6-11;1-6(2)7(3)10-4-8(9)5-10/h8-10,12H,5-7H2,1-4H3;8,10H,3,6-7H2,1-2,4-5H3;2*8-9,11H,4-7H2,1-3H3;7,9H,3-6H2,1-2H3,(H,12,13);7,9-10H,3,5-6H2,1-2,4H3;7,9H,3-6,10H2,1-2H3;6,8H,3-5,9H2,1-2H3. The third-order valence-corrected chi connectivity index (χ3v) is 19.5. The van der Waals surface area contributed by atoms with Crippen molar-refractivity contribution >= 4 is 5.97 Å². The van der Waals surface area contributed by atoms with E-state index >= 15 is 0 Å². The van der Waals surface area contributed by atoms with Gasteiger partial charge in [-0.15, -0.1) is 0 Å². The lowest BCUT2D eigenvalue weighted by molar-refractivity contribution is -0.141. The molecule has 8 saturated heterocycles. The zero-order valence-electron chi connectivity index (χ0n) is 65.1. The van der Waals surface area contributed by atoms with Crippen molar-refractivity contribution in [1.82, 2.24) is 65.4 Å². The van der Waals surface area contributed by atoms with Crippen LogP contribution in [0.25, 0.3) is 0 Å². The van der Waals surface area contributed by atoms with Crippen molar-refractivity contribution < 1.29 is 9.90 Å². The van der Waals surface area contributed by atoms with E-state index in [0.717, 1.165) is 142 Å². The average Bonchev–Trinajstić information content (AvgIpc) is 1.65. The third-order valence-electron chi connectivity index (χ3n) is 19.5. The predicted molar refractivity (Wildman–Crippen MR) is 408 cm³/mol. The molecular formula is C77H151N15O2. The van der Waals surface area contributed by atoms with E-state index in [1.807, 2.05) is 25.8 Å². The van der Waals surface area contributed by atoms with Crippen molar-refractivity contribution in [2.45, 2.75) is 212 Å². The number of aliphatic carboxylic acids is 1. The normalized spacial score (nSPS) is 23.0. The van der Waals surface area contributed by atoms with Gasteiger partial charge in [-0.05, 0) is 115 Å². The van der Waals surface area contributed by atoms with Crippen molar-refractivity contribution in [1.29, 1.82) is 0 Å². The van der Waals surface area contributed by atoms with Crippen LogP contribution in [0.1, 0.15) is 158 Å². The molecule has 8 fully saturated rings. The molecule has 17 nitrogen and oxygen atoms in total. The van der Waals surface area contributed by atoms with Crippen LogP contribution < -0.4 is 32.7 Å². The summed E-state index contributed by atoms with van der Waals surface area (Å²) in [5.74, 6) is 3.63. The minimum atomic E-state index is -0.723. The maximum absolute atomic E-state index is 10.9. The van der Waals surface area contributed by atoms with E-state index in [1.165, 1.54) is 39.9 Å². The highest BCUT2D eigenvalue weighted by atomic mass is 16.4. The number of rotatable bonds is 19. The van der Waals surface area contributed by atoms with Crippen LogP contribution in [0.2, 0.25) is 0 Å². The Morgan fingerprint density at radius 2 is 0.830 bits per heavy atom. The quantitative estimate of drug-likeness (QED) is 0.0652. The van der Waals surface area contributed by atoms with Crippen LogP contribution in [-0.2, 0) is 4.79 Å². The molecule has 0 aliphatic carbocycles. The number of carboxylic acid groups (broad SMARTS) is 1. The molecule has 0 aromatic rings. The molecule has 0 spiro atoms.